The van der Waals surface area contributed by atoms with Gasteiger partial charge in [-0.15, -0.1) is 0 Å². The predicted octanol–water partition coefficient (Wildman–Crippen LogP) is 2.93. The fourth-order valence-electron chi connectivity index (χ4n) is 2.74. The summed E-state index contributed by atoms with van der Waals surface area (Å²) in [6.45, 7) is 5.43. The van der Waals surface area contributed by atoms with E-state index in [2.05, 4.69) is 31.3 Å². The molecule has 0 saturated carbocycles. The number of hydrogen-bond acceptors (Lipinski definition) is 2. The van der Waals surface area contributed by atoms with E-state index < -0.39 is 0 Å². The lowest BCUT2D eigenvalue weighted by Crippen LogP contribution is -2.14. The topological polar surface area (TPSA) is 21.3 Å². The minimum atomic E-state index is 0.549. The van der Waals surface area contributed by atoms with Crippen LogP contribution in [0.1, 0.15) is 37.3 Å². The number of benzene rings is 1. The van der Waals surface area contributed by atoms with Gasteiger partial charge in [-0.2, -0.15) is 0 Å². The number of hydrogen-bond donors (Lipinski definition) is 1. The number of fused-ring (bicyclic) bond motifs is 3. The minimum absolute atomic E-state index is 0.549. The summed E-state index contributed by atoms with van der Waals surface area (Å²) in [5, 5.41) is 3.54. The predicted molar refractivity (Wildman–Crippen MR) is 61.8 cm³/mol. The van der Waals surface area contributed by atoms with Gasteiger partial charge in [0.15, 0.2) is 0 Å². The van der Waals surface area contributed by atoms with Gasteiger partial charge in [-0.05, 0) is 43.0 Å². The van der Waals surface area contributed by atoms with Crippen LogP contribution in [0.25, 0.3) is 0 Å². The molecule has 2 nitrogen and oxygen atoms in total. The lowest BCUT2D eigenvalue weighted by atomic mass is 9.90. The van der Waals surface area contributed by atoms with E-state index in [-0.39, 0.29) is 0 Å². The quantitative estimate of drug-likeness (QED) is 0.700. The van der Waals surface area contributed by atoms with E-state index >= 15 is 0 Å². The van der Waals surface area contributed by atoms with Crippen LogP contribution in [-0.4, -0.2) is 12.6 Å². The Balaban J connectivity index is 2.15. The first kappa shape index (κ1) is 9.08. The van der Waals surface area contributed by atoms with Crippen molar-refractivity contribution in [1.82, 2.24) is 0 Å². The first-order chi connectivity index (χ1) is 7.27. The second kappa shape index (κ2) is 3.16. The van der Waals surface area contributed by atoms with Crippen LogP contribution >= 0.6 is 0 Å². The second-order valence-corrected chi connectivity index (χ2v) is 4.68. The van der Waals surface area contributed by atoms with Crippen LogP contribution in [-0.2, 0) is 6.42 Å². The summed E-state index contributed by atoms with van der Waals surface area (Å²) in [5.74, 6) is 1.72. The summed E-state index contributed by atoms with van der Waals surface area (Å²) >= 11 is 0. The third-order valence-corrected chi connectivity index (χ3v) is 3.73. The highest BCUT2D eigenvalue weighted by molar-refractivity contribution is 5.65. The molecule has 1 aromatic carbocycles. The number of nitrogens with one attached hydrogen (secondary N) is 1. The highest BCUT2D eigenvalue weighted by Crippen LogP contribution is 2.43. The van der Waals surface area contributed by atoms with Gasteiger partial charge in [0.25, 0.3) is 0 Å². The van der Waals surface area contributed by atoms with Crippen molar-refractivity contribution < 1.29 is 4.74 Å². The zero-order chi connectivity index (χ0) is 10.4. The zero-order valence-corrected chi connectivity index (χ0v) is 9.34. The van der Waals surface area contributed by atoms with Crippen LogP contribution in [0.2, 0.25) is 0 Å². The number of ether oxygens (including phenoxy) is 1. The molecule has 0 aromatic heterocycles. The SMILES string of the molecule is CC1Nc2ccc3c(c2C1C)CCCO3. The molecule has 0 amide bonds. The molecule has 2 unspecified atom stereocenters. The van der Waals surface area contributed by atoms with Gasteiger partial charge in [0.1, 0.15) is 5.75 Å². The standard InChI is InChI=1S/C13H17NO/c1-8-9(2)14-11-5-6-12-10(13(8)11)4-3-7-15-12/h5-6,8-9,14H,3-4,7H2,1-2H3. The van der Waals surface area contributed by atoms with Gasteiger partial charge in [0, 0.05) is 17.6 Å². The molecule has 80 valence electrons. The van der Waals surface area contributed by atoms with Gasteiger partial charge in [-0.3, -0.25) is 0 Å². The second-order valence-electron chi connectivity index (χ2n) is 4.68. The molecule has 2 atom stereocenters. The van der Waals surface area contributed by atoms with Gasteiger partial charge < -0.3 is 10.1 Å². The first-order valence-electron chi connectivity index (χ1n) is 5.82. The lowest BCUT2D eigenvalue weighted by molar-refractivity contribution is 0.287. The van der Waals surface area contributed by atoms with E-state index in [9.17, 15) is 0 Å². The largest absolute Gasteiger partial charge is 0.493 e. The summed E-state index contributed by atoms with van der Waals surface area (Å²) in [6.07, 6.45) is 2.34. The van der Waals surface area contributed by atoms with Gasteiger partial charge in [0.05, 0.1) is 6.61 Å². The molecule has 0 aliphatic carbocycles. The molecule has 1 N–H and O–H groups in total. The Morgan fingerprint density at radius 3 is 3.07 bits per heavy atom. The van der Waals surface area contributed by atoms with Crippen LogP contribution in [0, 0.1) is 0 Å². The van der Waals surface area contributed by atoms with Crippen molar-refractivity contribution in [2.24, 2.45) is 0 Å². The van der Waals surface area contributed by atoms with Crippen LogP contribution in [0.4, 0.5) is 5.69 Å². The van der Waals surface area contributed by atoms with Crippen molar-refractivity contribution in [2.75, 3.05) is 11.9 Å². The molecular formula is C13H17NO. The van der Waals surface area contributed by atoms with E-state index in [1.807, 2.05) is 0 Å². The molecule has 2 heterocycles. The Morgan fingerprint density at radius 2 is 2.20 bits per heavy atom. The average Bonchev–Trinajstić information content (AvgIpc) is 2.55. The highest BCUT2D eigenvalue weighted by Gasteiger charge is 2.30. The fraction of sp³-hybridized carbons (Fsp3) is 0.538. The molecular weight excluding hydrogens is 186 g/mol. The minimum Gasteiger partial charge on any atom is -0.493 e. The van der Waals surface area contributed by atoms with Crippen molar-refractivity contribution in [3.05, 3.63) is 23.3 Å². The average molecular weight is 203 g/mol. The summed E-state index contributed by atoms with van der Waals surface area (Å²) in [6, 6.07) is 4.83. The van der Waals surface area contributed by atoms with Crippen LogP contribution in [0.5, 0.6) is 5.75 Å². The maximum absolute atomic E-state index is 5.70. The maximum Gasteiger partial charge on any atom is 0.122 e. The third kappa shape index (κ3) is 1.24. The highest BCUT2D eigenvalue weighted by atomic mass is 16.5. The zero-order valence-electron chi connectivity index (χ0n) is 9.34. The van der Waals surface area contributed by atoms with Crippen molar-refractivity contribution >= 4 is 5.69 Å². The molecule has 0 saturated heterocycles. The Bertz CT molecular complexity index is 400. The van der Waals surface area contributed by atoms with E-state index in [0.29, 0.717) is 12.0 Å². The van der Waals surface area contributed by atoms with E-state index in [1.54, 1.807) is 0 Å². The van der Waals surface area contributed by atoms with Gasteiger partial charge in [-0.25, -0.2) is 0 Å². The summed E-state index contributed by atoms with van der Waals surface area (Å²) in [5.41, 5.74) is 4.27. The Morgan fingerprint density at radius 1 is 1.33 bits per heavy atom. The van der Waals surface area contributed by atoms with Crippen LogP contribution in [0.15, 0.2) is 12.1 Å². The molecule has 3 rings (SSSR count). The van der Waals surface area contributed by atoms with Gasteiger partial charge >= 0.3 is 0 Å². The van der Waals surface area contributed by atoms with E-state index in [1.165, 1.54) is 23.2 Å². The lowest BCUT2D eigenvalue weighted by Gasteiger charge is -2.21. The van der Waals surface area contributed by atoms with Gasteiger partial charge in [0.2, 0.25) is 0 Å². The molecule has 15 heavy (non-hydrogen) atoms. The third-order valence-electron chi connectivity index (χ3n) is 3.73. The molecule has 2 aliphatic rings. The van der Waals surface area contributed by atoms with Crippen molar-refractivity contribution in [2.45, 2.75) is 38.6 Å². The monoisotopic (exact) mass is 203 g/mol. The van der Waals surface area contributed by atoms with Crippen LogP contribution < -0.4 is 10.1 Å². The molecule has 1 aromatic rings. The van der Waals surface area contributed by atoms with Crippen molar-refractivity contribution in [3.63, 3.8) is 0 Å². The smallest absolute Gasteiger partial charge is 0.122 e. The Hall–Kier alpha value is -1.18. The first-order valence-corrected chi connectivity index (χ1v) is 5.82. The Kier molecular flexibility index (Phi) is 1.91. The molecule has 0 bridgehead atoms. The number of rotatable bonds is 0. The molecule has 0 spiro atoms. The van der Waals surface area contributed by atoms with Crippen molar-refractivity contribution in [1.29, 1.82) is 0 Å². The van der Waals surface area contributed by atoms with Gasteiger partial charge in [-0.1, -0.05) is 6.92 Å². The fourth-order valence-corrected chi connectivity index (χ4v) is 2.74. The molecule has 2 aliphatic heterocycles. The normalized spacial score (nSPS) is 27.6. The number of anilines is 1. The maximum atomic E-state index is 5.70. The van der Waals surface area contributed by atoms with Crippen LogP contribution in [0.3, 0.4) is 0 Å². The molecule has 0 fully saturated rings. The summed E-state index contributed by atoms with van der Waals surface area (Å²) < 4.78 is 5.70. The summed E-state index contributed by atoms with van der Waals surface area (Å²) in [4.78, 5) is 0. The van der Waals surface area contributed by atoms with E-state index in [4.69, 9.17) is 4.74 Å². The summed E-state index contributed by atoms with van der Waals surface area (Å²) in [7, 11) is 0. The van der Waals surface area contributed by atoms with Crippen molar-refractivity contribution in [3.8, 4) is 5.75 Å². The van der Waals surface area contributed by atoms with E-state index in [0.717, 1.165) is 18.8 Å². The Labute approximate surface area is 90.6 Å². The molecule has 2 heteroatoms. The molecule has 0 radical (unpaired) electrons.